The maximum atomic E-state index is 11.9. The molecule has 0 radical (unpaired) electrons. The topological polar surface area (TPSA) is 45.5 Å². The highest BCUT2D eigenvalue weighted by Gasteiger charge is 2.25. The van der Waals surface area contributed by atoms with Crippen LogP contribution in [-0.4, -0.2) is 30.9 Å². The van der Waals surface area contributed by atoms with Gasteiger partial charge in [0.2, 0.25) is 5.91 Å². The van der Waals surface area contributed by atoms with Crippen molar-refractivity contribution in [2.45, 2.75) is 13.0 Å². The van der Waals surface area contributed by atoms with Gasteiger partial charge in [-0.2, -0.15) is 0 Å². The molecule has 0 unspecified atom stereocenters. The van der Waals surface area contributed by atoms with Crippen molar-refractivity contribution in [1.82, 2.24) is 10.2 Å². The molecule has 1 aliphatic rings. The van der Waals surface area contributed by atoms with Crippen LogP contribution in [0.1, 0.15) is 12.2 Å². The Bertz CT molecular complexity index is 321. The highest BCUT2D eigenvalue weighted by molar-refractivity contribution is 5.85. The highest BCUT2D eigenvalue weighted by atomic mass is 35.5. The second-order valence-electron chi connectivity index (χ2n) is 3.96. The Labute approximate surface area is 101 Å². The Morgan fingerprint density at radius 1 is 1.69 bits per heavy atom. The molecule has 1 amide bonds. The molecule has 0 spiro atoms. The number of carbonyl (C=O) groups excluding carboxylic acids is 1. The molecule has 90 valence electrons. The van der Waals surface area contributed by atoms with Gasteiger partial charge in [-0.05, 0) is 25.1 Å². The van der Waals surface area contributed by atoms with Crippen molar-refractivity contribution in [2.24, 2.45) is 5.92 Å². The molecule has 5 heteroatoms. The smallest absolute Gasteiger partial charge is 0.227 e. The minimum absolute atomic E-state index is 0. The highest BCUT2D eigenvalue weighted by Crippen LogP contribution is 2.13. The molecule has 1 atom stereocenters. The van der Waals surface area contributed by atoms with Crippen molar-refractivity contribution in [1.29, 1.82) is 0 Å². The Hall–Kier alpha value is -1.00. The Balaban J connectivity index is 0.00000128. The summed E-state index contributed by atoms with van der Waals surface area (Å²) in [6, 6.07) is 3.72. The molecule has 1 aromatic rings. The third-order valence-electron chi connectivity index (χ3n) is 2.76. The summed E-state index contributed by atoms with van der Waals surface area (Å²) >= 11 is 0. The third kappa shape index (κ3) is 3.00. The Kier molecular flexibility index (Phi) is 4.83. The summed E-state index contributed by atoms with van der Waals surface area (Å²) in [6.07, 6.45) is 2.58. The van der Waals surface area contributed by atoms with Gasteiger partial charge < -0.3 is 14.6 Å². The summed E-state index contributed by atoms with van der Waals surface area (Å²) in [7, 11) is 1.82. The van der Waals surface area contributed by atoms with Crippen LogP contribution in [0.25, 0.3) is 0 Å². The number of carbonyl (C=O) groups is 1. The van der Waals surface area contributed by atoms with Gasteiger partial charge in [0, 0.05) is 13.6 Å². The molecule has 1 fully saturated rings. The summed E-state index contributed by atoms with van der Waals surface area (Å²) in [5, 5.41) is 3.20. The molecule has 4 nitrogen and oxygen atoms in total. The van der Waals surface area contributed by atoms with Crippen molar-refractivity contribution in [2.75, 3.05) is 20.1 Å². The number of nitrogens with zero attached hydrogens (tertiary/aromatic N) is 1. The minimum atomic E-state index is 0. The average Bonchev–Trinajstić information content (AvgIpc) is 2.88. The van der Waals surface area contributed by atoms with E-state index >= 15 is 0 Å². The number of amides is 1. The number of nitrogens with one attached hydrogen (secondary N) is 1. The normalized spacial score (nSPS) is 19.2. The van der Waals surface area contributed by atoms with Crippen molar-refractivity contribution in [3.8, 4) is 0 Å². The fourth-order valence-electron chi connectivity index (χ4n) is 1.89. The van der Waals surface area contributed by atoms with Gasteiger partial charge in [-0.3, -0.25) is 4.79 Å². The maximum absolute atomic E-state index is 11.9. The molecular weight excluding hydrogens is 228 g/mol. The van der Waals surface area contributed by atoms with Crippen molar-refractivity contribution in [3.05, 3.63) is 24.2 Å². The number of hydrogen-bond acceptors (Lipinski definition) is 3. The summed E-state index contributed by atoms with van der Waals surface area (Å²) in [6.45, 7) is 2.31. The molecule has 1 aromatic heterocycles. The van der Waals surface area contributed by atoms with E-state index in [0.717, 1.165) is 25.3 Å². The lowest BCUT2D eigenvalue weighted by Gasteiger charge is -2.19. The van der Waals surface area contributed by atoms with Crippen molar-refractivity contribution >= 4 is 18.3 Å². The molecule has 2 rings (SSSR count). The average molecular weight is 245 g/mol. The Morgan fingerprint density at radius 2 is 2.50 bits per heavy atom. The van der Waals surface area contributed by atoms with E-state index < -0.39 is 0 Å². The van der Waals surface area contributed by atoms with Crippen LogP contribution in [-0.2, 0) is 11.3 Å². The second kappa shape index (κ2) is 5.92. The van der Waals surface area contributed by atoms with Gasteiger partial charge in [0.1, 0.15) is 5.76 Å². The van der Waals surface area contributed by atoms with Gasteiger partial charge in [0.25, 0.3) is 0 Å². The number of halogens is 1. The van der Waals surface area contributed by atoms with E-state index in [9.17, 15) is 4.79 Å². The van der Waals surface area contributed by atoms with Crippen molar-refractivity contribution in [3.63, 3.8) is 0 Å². The van der Waals surface area contributed by atoms with E-state index in [4.69, 9.17) is 4.42 Å². The van der Waals surface area contributed by atoms with Crippen LogP contribution in [0.4, 0.5) is 0 Å². The second-order valence-corrected chi connectivity index (χ2v) is 3.96. The third-order valence-corrected chi connectivity index (χ3v) is 2.76. The van der Waals surface area contributed by atoms with Gasteiger partial charge in [0.15, 0.2) is 0 Å². The molecule has 1 aliphatic heterocycles. The predicted molar refractivity (Wildman–Crippen MR) is 63.4 cm³/mol. The first-order valence-corrected chi connectivity index (χ1v) is 5.25. The zero-order valence-electron chi connectivity index (χ0n) is 9.31. The quantitative estimate of drug-likeness (QED) is 0.871. The van der Waals surface area contributed by atoms with Gasteiger partial charge in [0.05, 0.1) is 18.7 Å². The van der Waals surface area contributed by atoms with Gasteiger partial charge in [-0.15, -0.1) is 12.4 Å². The van der Waals surface area contributed by atoms with E-state index in [-0.39, 0.29) is 24.2 Å². The summed E-state index contributed by atoms with van der Waals surface area (Å²) < 4.78 is 5.21. The lowest BCUT2D eigenvalue weighted by Crippen LogP contribution is -2.33. The first-order valence-electron chi connectivity index (χ1n) is 5.25. The zero-order chi connectivity index (χ0) is 10.7. The van der Waals surface area contributed by atoms with Gasteiger partial charge in [-0.1, -0.05) is 0 Å². The van der Waals surface area contributed by atoms with Crippen molar-refractivity contribution < 1.29 is 9.21 Å². The lowest BCUT2D eigenvalue weighted by molar-refractivity contribution is -0.134. The predicted octanol–water partition coefficient (Wildman–Crippen LogP) is 1.27. The Morgan fingerprint density at radius 3 is 3.06 bits per heavy atom. The van der Waals surface area contributed by atoms with Crippen LogP contribution < -0.4 is 5.32 Å². The molecule has 0 aromatic carbocycles. The molecule has 2 heterocycles. The first-order chi connectivity index (χ1) is 7.27. The lowest BCUT2D eigenvalue weighted by atomic mass is 10.1. The number of rotatable bonds is 3. The van der Waals surface area contributed by atoms with E-state index in [1.165, 1.54) is 0 Å². The monoisotopic (exact) mass is 244 g/mol. The molecule has 0 saturated carbocycles. The molecule has 1 N–H and O–H groups in total. The molecule has 0 bridgehead atoms. The summed E-state index contributed by atoms with van der Waals surface area (Å²) in [4.78, 5) is 13.6. The van der Waals surface area contributed by atoms with Crippen LogP contribution in [0.3, 0.4) is 0 Å². The molecular formula is C11H17ClN2O2. The SMILES string of the molecule is CN(Cc1ccco1)C(=O)[C@@H]1CCNC1.Cl. The fraction of sp³-hybridized carbons (Fsp3) is 0.545. The van der Waals surface area contributed by atoms with Crippen LogP contribution in [0.5, 0.6) is 0 Å². The van der Waals surface area contributed by atoms with Crippen LogP contribution in [0.15, 0.2) is 22.8 Å². The summed E-state index contributed by atoms with van der Waals surface area (Å²) in [5.74, 6) is 1.18. The fourth-order valence-corrected chi connectivity index (χ4v) is 1.89. The van der Waals surface area contributed by atoms with E-state index in [0.29, 0.717) is 6.54 Å². The van der Waals surface area contributed by atoms with E-state index in [1.54, 1.807) is 11.2 Å². The van der Waals surface area contributed by atoms with Gasteiger partial charge in [-0.25, -0.2) is 0 Å². The zero-order valence-corrected chi connectivity index (χ0v) is 10.1. The first kappa shape index (κ1) is 13.1. The standard InChI is InChI=1S/C11H16N2O2.ClH/c1-13(8-10-3-2-6-15-10)11(14)9-4-5-12-7-9;/h2-3,6,9,12H,4-5,7-8H2,1H3;1H/t9-;/m1./s1. The minimum Gasteiger partial charge on any atom is -0.467 e. The van der Waals surface area contributed by atoms with E-state index in [1.807, 2.05) is 19.2 Å². The van der Waals surface area contributed by atoms with Crippen LogP contribution in [0, 0.1) is 5.92 Å². The molecule has 0 aliphatic carbocycles. The maximum Gasteiger partial charge on any atom is 0.227 e. The molecule has 16 heavy (non-hydrogen) atoms. The largest absolute Gasteiger partial charge is 0.467 e. The summed E-state index contributed by atoms with van der Waals surface area (Å²) in [5.41, 5.74) is 0. The molecule has 1 saturated heterocycles. The van der Waals surface area contributed by atoms with Gasteiger partial charge >= 0.3 is 0 Å². The number of furan rings is 1. The van der Waals surface area contributed by atoms with E-state index in [2.05, 4.69) is 5.32 Å². The van der Waals surface area contributed by atoms with Crippen LogP contribution in [0.2, 0.25) is 0 Å². The number of hydrogen-bond donors (Lipinski definition) is 1. The van der Waals surface area contributed by atoms with Crippen LogP contribution >= 0.6 is 12.4 Å².